The zero-order chi connectivity index (χ0) is 23.5. The molecule has 1 aliphatic heterocycles. The highest BCUT2D eigenvalue weighted by Gasteiger charge is 2.25. The van der Waals surface area contributed by atoms with Gasteiger partial charge < -0.3 is 9.80 Å². The summed E-state index contributed by atoms with van der Waals surface area (Å²) in [5.74, 6) is 0.00848. The van der Waals surface area contributed by atoms with Crippen molar-refractivity contribution in [2.45, 2.75) is 45.6 Å². The first-order valence-electron chi connectivity index (χ1n) is 12.6. The average Bonchev–Trinajstić information content (AvgIpc) is 2.85. The predicted molar refractivity (Wildman–Crippen MR) is 141 cm³/mol. The molecular weight excluding hydrogens is 416 g/mol. The van der Waals surface area contributed by atoms with Gasteiger partial charge in [-0.05, 0) is 85.6 Å². The van der Waals surface area contributed by atoms with Gasteiger partial charge >= 0.3 is 0 Å². The first-order valence-corrected chi connectivity index (χ1v) is 12.6. The quantitative estimate of drug-likeness (QED) is 0.427. The Labute approximate surface area is 203 Å². The second-order valence-electron chi connectivity index (χ2n) is 10.4. The van der Waals surface area contributed by atoms with Crippen molar-refractivity contribution in [3.8, 4) is 11.1 Å². The van der Waals surface area contributed by atoms with Crippen molar-refractivity contribution in [2.24, 2.45) is 0 Å². The van der Waals surface area contributed by atoms with Crippen LogP contribution in [-0.4, -0.2) is 30.5 Å². The number of hydrogen-bond donors (Lipinski definition) is 1. The Morgan fingerprint density at radius 1 is 0.853 bits per heavy atom. The van der Waals surface area contributed by atoms with Gasteiger partial charge in [0.25, 0.3) is 5.91 Å². The summed E-state index contributed by atoms with van der Waals surface area (Å²) in [6, 6.07) is 23.7. The molecule has 0 bridgehead atoms. The Bertz CT molecular complexity index is 1200. The van der Waals surface area contributed by atoms with Gasteiger partial charge in [-0.3, -0.25) is 4.79 Å². The third kappa shape index (κ3) is 5.15. The summed E-state index contributed by atoms with van der Waals surface area (Å²) in [5.41, 5.74) is 9.19. The number of carbonyl (C=O) groups excluding carboxylic acids is 1. The van der Waals surface area contributed by atoms with E-state index in [0.717, 1.165) is 40.7 Å². The summed E-state index contributed by atoms with van der Waals surface area (Å²) in [5, 5.41) is 3.12. The first-order chi connectivity index (χ1) is 16.5. The van der Waals surface area contributed by atoms with Crippen LogP contribution in [0.5, 0.6) is 0 Å². The Morgan fingerprint density at radius 3 is 2.29 bits per heavy atom. The molecule has 0 atom stereocenters. The summed E-state index contributed by atoms with van der Waals surface area (Å²) < 4.78 is 1.13. The van der Waals surface area contributed by atoms with Crippen molar-refractivity contribution >= 4 is 17.7 Å². The van der Waals surface area contributed by atoms with Crippen molar-refractivity contribution in [3.63, 3.8) is 0 Å². The molecule has 1 amide bonds. The molecule has 0 aromatic heterocycles. The van der Waals surface area contributed by atoms with Gasteiger partial charge in [0.2, 0.25) is 0 Å². The lowest BCUT2D eigenvalue weighted by Crippen LogP contribution is -2.46. The molecule has 3 heteroatoms. The summed E-state index contributed by atoms with van der Waals surface area (Å²) in [4.78, 5) is 13.0. The monoisotopic (exact) mass is 451 g/mol. The van der Waals surface area contributed by atoms with E-state index in [0.29, 0.717) is 0 Å². The van der Waals surface area contributed by atoms with Crippen LogP contribution in [0.15, 0.2) is 72.3 Å². The number of fused-ring (bicyclic) bond motifs is 1. The van der Waals surface area contributed by atoms with Crippen molar-refractivity contribution in [2.75, 3.05) is 25.5 Å². The number of likely N-dealkylation sites (tertiary alicyclic amines) is 1. The molecule has 1 saturated heterocycles. The lowest BCUT2D eigenvalue weighted by atomic mass is 9.89. The number of amides is 1. The maximum Gasteiger partial charge on any atom is 0.251 e. The standard InChI is InChI=1S/C31H34N2O/c1-23-6-10-25(11-7-23)27-14-12-26-13-15-28(21-29(26)20-27)31(34)32-30-16-8-24(9-17-30)22-33(2)18-4-3-5-19-33/h6-12,14,16-17,20-21H,3-5,13,15,18-19,22H2,1-2H3/p+1. The third-order valence-electron chi connectivity index (χ3n) is 7.49. The van der Waals surface area contributed by atoms with Crippen LogP contribution in [-0.2, 0) is 17.8 Å². The van der Waals surface area contributed by atoms with E-state index in [4.69, 9.17) is 0 Å². The summed E-state index contributed by atoms with van der Waals surface area (Å²) in [6.07, 6.45) is 7.77. The molecule has 5 rings (SSSR count). The van der Waals surface area contributed by atoms with E-state index in [-0.39, 0.29) is 5.91 Å². The zero-order valence-corrected chi connectivity index (χ0v) is 20.4. The van der Waals surface area contributed by atoms with Gasteiger partial charge in [0, 0.05) is 16.8 Å². The fourth-order valence-corrected chi connectivity index (χ4v) is 5.37. The number of quaternary nitrogens is 1. The largest absolute Gasteiger partial charge is 0.322 e. The number of nitrogens with zero attached hydrogens (tertiary/aromatic N) is 1. The smallest absolute Gasteiger partial charge is 0.251 e. The minimum Gasteiger partial charge on any atom is -0.322 e. The van der Waals surface area contributed by atoms with E-state index in [9.17, 15) is 4.79 Å². The number of anilines is 1. The van der Waals surface area contributed by atoms with E-state index in [1.807, 2.05) is 0 Å². The molecule has 1 fully saturated rings. The number of hydrogen-bond acceptors (Lipinski definition) is 1. The van der Waals surface area contributed by atoms with Gasteiger partial charge in [-0.2, -0.15) is 0 Å². The maximum absolute atomic E-state index is 13.0. The van der Waals surface area contributed by atoms with E-state index in [1.165, 1.54) is 60.2 Å². The van der Waals surface area contributed by atoms with Crippen molar-refractivity contribution < 1.29 is 9.28 Å². The summed E-state index contributed by atoms with van der Waals surface area (Å²) in [6.45, 7) is 5.70. The second kappa shape index (κ2) is 9.60. The molecule has 0 unspecified atom stereocenters. The van der Waals surface area contributed by atoms with Crippen LogP contribution in [0.25, 0.3) is 17.2 Å². The average molecular weight is 452 g/mol. The number of aryl methyl sites for hydroxylation is 2. The highest BCUT2D eigenvalue weighted by molar-refractivity contribution is 6.07. The maximum atomic E-state index is 13.0. The number of carbonyl (C=O) groups is 1. The van der Waals surface area contributed by atoms with E-state index >= 15 is 0 Å². The Hall–Kier alpha value is -3.17. The molecule has 0 saturated carbocycles. The topological polar surface area (TPSA) is 29.1 Å². The third-order valence-corrected chi connectivity index (χ3v) is 7.49. The number of rotatable bonds is 5. The normalized spacial score (nSPS) is 16.9. The van der Waals surface area contributed by atoms with Crippen LogP contribution < -0.4 is 5.32 Å². The van der Waals surface area contributed by atoms with Crippen LogP contribution in [0, 0.1) is 6.92 Å². The van der Waals surface area contributed by atoms with Gasteiger partial charge in [-0.25, -0.2) is 0 Å². The Balaban J connectivity index is 1.27. The van der Waals surface area contributed by atoms with Gasteiger partial charge in [-0.1, -0.05) is 54.1 Å². The van der Waals surface area contributed by atoms with Crippen LogP contribution in [0.1, 0.15) is 47.9 Å². The molecule has 174 valence electrons. The lowest BCUT2D eigenvalue weighted by Gasteiger charge is -2.37. The molecule has 3 aromatic carbocycles. The summed E-state index contributed by atoms with van der Waals surface area (Å²) in [7, 11) is 2.37. The van der Waals surface area contributed by atoms with E-state index in [1.54, 1.807) is 0 Å². The fourth-order valence-electron chi connectivity index (χ4n) is 5.37. The number of benzene rings is 3. The molecular formula is C31H35N2O+. The van der Waals surface area contributed by atoms with Gasteiger partial charge in [0.15, 0.2) is 0 Å². The van der Waals surface area contributed by atoms with Crippen LogP contribution >= 0.6 is 0 Å². The second-order valence-corrected chi connectivity index (χ2v) is 10.4. The molecule has 1 aliphatic carbocycles. The van der Waals surface area contributed by atoms with Crippen LogP contribution in [0.2, 0.25) is 0 Å². The van der Waals surface area contributed by atoms with E-state index in [2.05, 4.69) is 92.1 Å². The highest BCUT2D eigenvalue weighted by atomic mass is 16.1. The molecule has 3 aromatic rings. The van der Waals surface area contributed by atoms with Crippen molar-refractivity contribution in [1.82, 2.24) is 0 Å². The van der Waals surface area contributed by atoms with Crippen LogP contribution in [0.3, 0.4) is 0 Å². The Morgan fingerprint density at radius 2 is 1.56 bits per heavy atom. The van der Waals surface area contributed by atoms with Gasteiger partial charge in [0.1, 0.15) is 6.54 Å². The highest BCUT2D eigenvalue weighted by Crippen LogP contribution is 2.30. The van der Waals surface area contributed by atoms with Crippen LogP contribution in [0.4, 0.5) is 5.69 Å². The number of piperidine rings is 1. The van der Waals surface area contributed by atoms with Crippen molar-refractivity contribution in [3.05, 3.63) is 94.6 Å². The molecule has 34 heavy (non-hydrogen) atoms. The van der Waals surface area contributed by atoms with Gasteiger partial charge in [-0.15, -0.1) is 0 Å². The molecule has 0 radical (unpaired) electrons. The van der Waals surface area contributed by atoms with E-state index < -0.39 is 0 Å². The molecule has 1 N–H and O–H groups in total. The fraction of sp³-hybridized carbons (Fsp3) is 0.323. The predicted octanol–water partition coefficient (Wildman–Crippen LogP) is 6.76. The molecule has 1 heterocycles. The minimum absolute atomic E-state index is 0.00848. The zero-order valence-electron chi connectivity index (χ0n) is 20.4. The summed E-state index contributed by atoms with van der Waals surface area (Å²) >= 11 is 0. The molecule has 3 nitrogen and oxygen atoms in total. The first kappa shape index (κ1) is 22.6. The Kier molecular flexibility index (Phi) is 6.38. The van der Waals surface area contributed by atoms with Crippen molar-refractivity contribution in [1.29, 1.82) is 0 Å². The lowest BCUT2D eigenvalue weighted by molar-refractivity contribution is -0.926. The van der Waals surface area contributed by atoms with Gasteiger partial charge in [0.05, 0.1) is 20.1 Å². The SMILES string of the molecule is Cc1ccc(-c2ccc3c(c2)C=C(C(=O)Nc2ccc(C[N+]4(C)CCCCC4)cc2)CC3)cc1. The number of nitrogens with one attached hydrogen (secondary N) is 1. The molecule has 0 spiro atoms. The molecule has 2 aliphatic rings. The minimum atomic E-state index is 0.00848.